The van der Waals surface area contributed by atoms with Crippen molar-refractivity contribution in [2.45, 2.75) is 107 Å². The summed E-state index contributed by atoms with van der Waals surface area (Å²) in [5.41, 5.74) is 9.79. The summed E-state index contributed by atoms with van der Waals surface area (Å²) in [5.74, 6) is 2.59. The van der Waals surface area contributed by atoms with Crippen molar-refractivity contribution in [3.05, 3.63) is 34.4 Å². The van der Waals surface area contributed by atoms with Crippen molar-refractivity contribution in [2.75, 3.05) is 11.5 Å². The van der Waals surface area contributed by atoms with Crippen LogP contribution in [0.5, 0.6) is 0 Å². The molecule has 2 nitrogen and oxygen atoms in total. The average molecular weight is 453 g/mol. The molecular weight excluding hydrogens is 416 g/mol. The Hall–Kier alpha value is -1.000. The molecule has 0 aromatic carbocycles. The molecule has 0 saturated heterocycles. The summed E-state index contributed by atoms with van der Waals surface area (Å²) in [4.78, 5) is 0. The predicted molar refractivity (Wildman–Crippen MR) is 130 cm³/mol. The van der Waals surface area contributed by atoms with Gasteiger partial charge in [0.15, 0.2) is 13.1 Å². The van der Waals surface area contributed by atoms with Crippen LogP contribution >= 0.6 is 23.5 Å². The van der Waals surface area contributed by atoms with Gasteiger partial charge in [0.2, 0.25) is 10.1 Å². The molecule has 0 atom stereocenters. The Morgan fingerprint density at radius 3 is 1.48 bits per heavy atom. The van der Waals surface area contributed by atoms with E-state index in [1.54, 1.807) is 32.3 Å². The predicted octanol–water partition coefficient (Wildman–Crippen LogP) is 5.85. The third kappa shape index (κ3) is 3.86. The van der Waals surface area contributed by atoms with E-state index in [1.807, 2.05) is 0 Å². The van der Waals surface area contributed by atoms with Gasteiger partial charge in [-0.25, -0.2) is 0 Å². The van der Waals surface area contributed by atoms with Gasteiger partial charge in [0.25, 0.3) is 11.4 Å². The molecule has 0 unspecified atom stereocenters. The lowest BCUT2D eigenvalue weighted by Gasteiger charge is -2.22. The molecule has 0 bridgehead atoms. The molecule has 164 valence electrons. The van der Waals surface area contributed by atoms with Gasteiger partial charge in [-0.05, 0) is 62.5 Å². The first-order valence-electron chi connectivity index (χ1n) is 12.8. The van der Waals surface area contributed by atoms with Crippen LogP contribution in [0.25, 0.3) is 11.4 Å². The van der Waals surface area contributed by atoms with E-state index in [0.717, 1.165) is 0 Å². The Balaban J connectivity index is 1.58. The molecule has 31 heavy (non-hydrogen) atoms. The zero-order valence-corrected chi connectivity index (χ0v) is 20.5. The van der Waals surface area contributed by atoms with Crippen molar-refractivity contribution in [1.82, 2.24) is 0 Å². The largest absolute Gasteiger partial charge is 0.278 e. The van der Waals surface area contributed by atoms with Crippen LogP contribution in [0.15, 0.2) is 22.2 Å². The lowest BCUT2D eigenvalue weighted by atomic mass is 9.93. The Kier molecular flexibility index (Phi) is 6.04. The van der Waals surface area contributed by atoms with Gasteiger partial charge < -0.3 is 0 Å². The SMILES string of the molecule is c1c2c(c3[n+](c1-c1cc4c(c5[n+]1CCCS5)CCCCC4)CCCS3)CCCCCC2. The molecule has 0 saturated carbocycles. The van der Waals surface area contributed by atoms with Gasteiger partial charge >= 0.3 is 0 Å². The number of hydrogen-bond acceptors (Lipinski definition) is 2. The molecule has 0 radical (unpaired) electrons. The monoisotopic (exact) mass is 452 g/mol. The molecule has 4 aliphatic rings. The van der Waals surface area contributed by atoms with E-state index in [-0.39, 0.29) is 0 Å². The summed E-state index contributed by atoms with van der Waals surface area (Å²) in [6.07, 6.45) is 17.5. The van der Waals surface area contributed by atoms with E-state index in [1.165, 1.54) is 119 Å². The molecule has 0 fully saturated rings. The maximum absolute atomic E-state index is 2.74. The second kappa shape index (κ2) is 9.09. The van der Waals surface area contributed by atoms with Gasteiger partial charge in [-0.15, -0.1) is 0 Å². The minimum atomic E-state index is 1.20. The summed E-state index contributed by atoms with van der Waals surface area (Å²) in [6.45, 7) is 2.40. The van der Waals surface area contributed by atoms with E-state index in [2.05, 4.69) is 44.8 Å². The van der Waals surface area contributed by atoms with Gasteiger partial charge in [-0.3, -0.25) is 0 Å². The minimum Gasteiger partial charge on any atom is -0.181 e. The fraction of sp³-hybridized carbons (Fsp3) is 0.630. The van der Waals surface area contributed by atoms with E-state index in [4.69, 9.17) is 0 Å². The Labute approximate surface area is 196 Å². The molecule has 0 spiro atoms. The highest BCUT2D eigenvalue weighted by Gasteiger charge is 2.37. The number of fused-ring (bicyclic) bond motifs is 6. The van der Waals surface area contributed by atoms with Gasteiger partial charge in [0.1, 0.15) is 0 Å². The normalized spacial score (nSPS) is 21.0. The summed E-state index contributed by atoms with van der Waals surface area (Å²) >= 11 is 4.29. The minimum absolute atomic E-state index is 1.20. The van der Waals surface area contributed by atoms with Crippen LogP contribution in [-0.2, 0) is 38.8 Å². The van der Waals surface area contributed by atoms with Crippen LogP contribution in [0.2, 0.25) is 0 Å². The van der Waals surface area contributed by atoms with Gasteiger partial charge in [-0.2, -0.15) is 9.13 Å². The van der Waals surface area contributed by atoms with Gasteiger partial charge in [0.05, 0.1) is 0 Å². The zero-order chi connectivity index (χ0) is 20.6. The summed E-state index contributed by atoms with van der Waals surface area (Å²) < 4.78 is 5.47. The van der Waals surface area contributed by atoms with Crippen molar-refractivity contribution < 1.29 is 9.13 Å². The van der Waals surface area contributed by atoms with Crippen LogP contribution in [-0.4, -0.2) is 11.5 Å². The van der Waals surface area contributed by atoms with E-state index in [9.17, 15) is 0 Å². The Morgan fingerprint density at radius 2 is 0.968 bits per heavy atom. The number of aryl methyl sites for hydroxylation is 2. The third-order valence-electron chi connectivity index (χ3n) is 7.77. The lowest BCUT2D eigenvalue weighted by Crippen LogP contribution is -2.49. The maximum Gasteiger partial charge on any atom is 0.278 e. The van der Waals surface area contributed by atoms with Crippen LogP contribution in [0.3, 0.4) is 0 Å². The molecule has 0 N–H and O–H groups in total. The highest BCUT2D eigenvalue weighted by atomic mass is 32.2. The molecular formula is C27H36N2S2+2. The molecule has 4 heteroatoms. The molecule has 2 aliphatic carbocycles. The number of nitrogens with zero attached hydrogens (tertiary/aromatic N) is 2. The topological polar surface area (TPSA) is 7.76 Å². The first-order valence-corrected chi connectivity index (χ1v) is 14.8. The number of thioether (sulfide) groups is 2. The first-order chi connectivity index (χ1) is 15.4. The van der Waals surface area contributed by atoms with Crippen LogP contribution in [0.1, 0.15) is 80.0 Å². The number of hydrogen-bond donors (Lipinski definition) is 0. The van der Waals surface area contributed by atoms with Crippen molar-refractivity contribution in [3.8, 4) is 11.4 Å². The molecule has 2 aromatic heterocycles. The van der Waals surface area contributed by atoms with Crippen LogP contribution in [0, 0.1) is 0 Å². The van der Waals surface area contributed by atoms with Crippen molar-refractivity contribution in [2.24, 2.45) is 0 Å². The number of rotatable bonds is 1. The second-order valence-corrected chi connectivity index (χ2v) is 12.0. The number of aromatic nitrogens is 2. The summed E-state index contributed by atoms with van der Waals surface area (Å²) in [5, 5.41) is 3.23. The van der Waals surface area contributed by atoms with Crippen LogP contribution < -0.4 is 9.13 Å². The van der Waals surface area contributed by atoms with Crippen molar-refractivity contribution >= 4 is 23.5 Å². The highest BCUT2D eigenvalue weighted by Crippen LogP contribution is 2.36. The molecule has 4 heterocycles. The molecule has 2 aliphatic heterocycles. The van der Waals surface area contributed by atoms with Crippen molar-refractivity contribution in [1.29, 1.82) is 0 Å². The molecule has 6 rings (SSSR count). The van der Waals surface area contributed by atoms with Gasteiger partial charge in [0, 0.05) is 47.6 Å². The van der Waals surface area contributed by atoms with Crippen molar-refractivity contribution in [3.63, 3.8) is 0 Å². The Bertz CT molecular complexity index is 998. The third-order valence-corrected chi connectivity index (χ3v) is 10.2. The fourth-order valence-electron chi connectivity index (χ4n) is 6.21. The zero-order valence-electron chi connectivity index (χ0n) is 18.9. The second-order valence-electron chi connectivity index (χ2n) is 9.86. The van der Waals surface area contributed by atoms with E-state index in [0.29, 0.717) is 0 Å². The lowest BCUT2D eigenvalue weighted by molar-refractivity contribution is -0.752. The van der Waals surface area contributed by atoms with Crippen LogP contribution in [0.4, 0.5) is 0 Å². The maximum atomic E-state index is 2.74. The summed E-state index contributed by atoms with van der Waals surface area (Å²) in [6, 6.07) is 5.27. The smallest absolute Gasteiger partial charge is 0.181 e. The fourth-order valence-corrected chi connectivity index (χ4v) is 8.65. The summed E-state index contributed by atoms with van der Waals surface area (Å²) in [7, 11) is 0. The quantitative estimate of drug-likeness (QED) is 0.396. The average Bonchev–Trinajstić information content (AvgIpc) is 3.04. The van der Waals surface area contributed by atoms with Gasteiger partial charge in [-0.1, -0.05) is 42.8 Å². The first kappa shape index (κ1) is 20.6. The number of pyridine rings is 2. The van der Waals surface area contributed by atoms with E-state index < -0.39 is 0 Å². The molecule has 0 amide bonds. The van der Waals surface area contributed by atoms with E-state index >= 15 is 0 Å². The highest BCUT2D eigenvalue weighted by molar-refractivity contribution is 7.99. The Morgan fingerprint density at radius 1 is 0.516 bits per heavy atom. The molecule has 2 aromatic rings. The standard InChI is InChI=1S/C27H36N2S2/c1-2-6-12-22-20(10-4-1)18-24(28-14-8-16-30-26(22)28)25-19-21-11-5-3-7-13-23(21)27-29(25)15-9-17-31-27/h18-19H,1-17H2/q+2.